The number of nitrogens with zero attached hydrogens (tertiary/aromatic N) is 2. The molecule has 2 aliphatic rings. The Morgan fingerprint density at radius 2 is 1.97 bits per heavy atom. The zero-order chi connectivity index (χ0) is 21.9. The van der Waals surface area contributed by atoms with Crippen molar-refractivity contribution in [3.05, 3.63) is 18.2 Å². The molecule has 0 aromatic heterocycles. The fourth-order valence-electron chi connectivity index (χ4n) is 3.44. The fraction of sp³-hybridized carbons (Fsp3) is 0.611. The van der Waals surface area contributed by atoms with Crippen LogP contribution in [0.15, 0.2) is 23.1 Å². The van der Waals surface area contributed by atoms with E-state index in [0.717, 1.165) is 13.1 Å². The molecule has 0 bridgehead atoms. The average molecular weight is 462 g/mol. The van der Waals surface area contributed by atoms with Crippen LogP contribution in [-0.4, -0.2) is 79.4 Å². The molecule has 2 heterocycles. The van der Waals surface area contributed by atoms with Gasteiger partial charge in [-0.3, -0.25) is 9.69 Å². The predicted octanol–water partition coefficient (Wildman–Crippen LogP) is 0.00830. The van der Waals surface area contributed by atoms with Crippen LogP contribution in [0, 0.1) is 5.92 Å². The van der Waals surface area contributed by atoms with Gasteiger partial charge in [-0.05, 0) is 25.1 Å². The van der Waals surface area contributed by atoms with Gasteiger partial charge in [0.1, 0.15) is 10.6 Å². The van der Waals surface area contributed by atoms with Gasteiger partial charge in [0.15, 0.2) is 0 Å². The van der Waals surface area contributed by atoms with E-state index in [-0.39, 0.29) is 35.2 Å². The second kappa shape index (κ2) is 9.18. The molecule has 2 aliphatic heterocycles. The van der Waals surface area contributed by atoms with Crippen molar-refractivity contribution in [1.29, 1.82) is 0 Å². The summed E-state index contributed by atoms with van der Waals surface area (Å²) < 4.78 is 64.6. The van der Waals surface area contributed by atoms with Gasteiger partial charge in [-0.2, -0.15) is 0 Å². The number of hydrogen-bond acceptors (Lipinski definition) is 8. The van der Waals surface area contributed by atoms with Crippen LogP contribution in [0.1, 0.15) is 13.8 Å². The van der Waals surface area contributed by atoms with Gasteiger partial charge in [0, 0.05) is 26.2 Å². The molecule has 2 fully saturated rings. The van der Waals surface area contributed by atoms with E-state index in [1.54, 1.807) is 6.92 Å². The Hall–Kier alpha value is -1.73. The SMILES string of the molecule is CCOc1ccc(N2C(=O)C(C)CS2(=O)=O)cc1S(=O)(=O)NCCN1CCOCC1. The van der Waals surface area contributed by atoms with Crippen LogP contribution in [-0.2, 0) is 29.6 Å². The van der Waals surface area contributed by atoms with E-state index in [0.29, 0.717) is 24.1 Å². The summed E-state index contributed by atoms with van der Waals surface area (Å²) >= 11 is 0. The third-order valence-electron chi connectivity index (χ3n) is 4.94. The van der Waals surface area contributed by atoms with E-state index in [4.69, 9.17) is 9.47 Å². The zero-order valence-electron chi connectivity index (χ0n) is 17.0. The molecule has 30 heavy (non-hydrogen) atoms. The molecule has 1 aromatic rings. The van der Waals surface area contributed by atoms with Crippen LogP contribution >= 0.6 is 0 Å². The summed E-state index contributed by atoms with van der Waals surface area (Å²) in [6.07, 6.45) is 0. The molecule has 168 valence electrons. The molecule has 0 spiro atoms. The molecule has 10 nitrogen and oxygen atoms in total. The Labute approximate surface area is 177 Å². The maximum absolute atomic E-state index is 13.0. The molecule has 0 aliphatic carbocycles. The number of amides is 1. The number of carbonyl (C=O) groups excluding carboxylic acids is 1. The lowest BCUT2D eigenvalue weighted by Crippen LogP contribution is -2.41. The molecule has 12 heteroatoms. The summed E-state index contributed by atoms with van der Waals surface area (Å²) in [5, 5.41) is 0. The lowest BCUT2D eigenvalue weighted by molar-refractivity contribution is -0.119. The van der Waals surface area contributed by atoms with Crippen LogP contribution in [0.25, 0.3) is 0 Å². The smallest absolute Gasteiger partial charge is 0.244 e. The maximum atomic E-state index is 13.0. The Morgan fingerprint density at radius 1 is 1.27 bits per heavy atom. The standard InChI is InChI=1S/C18H27N3O7S2/c1-3-28-16-5-4-15(21-18(22)14(2)13-29(21,23)24)12-17(16)30(25,26)19-6-7-20-8-10-27-11-9-20/h4-5,12,14,19H,3,6-11,13H2,1-2H3. The first-order valence-corrected chi connectivity index (χ1v) is 12.9. The number of carbonyl (C=O) groups is 1. The average Bonchev–Trinajstić information content (AvgIpc) is 2.90. The topological polar surface area (TPSA) is 122 Å². The number of ether oxygens (including phenoxy) is 2. The summed E-state index contributed by atoms with van der Waals surface area (Å²) in [4.78, 5) is 14.3. The van der Waals surface area contributed by atoms with Gasteiger partial charge in [0.2, 0.25) is 26.0 Å². The van der Waals surface area contributed by atoms with E-state index in [1.807, 2.05) is 0 Å². The molecule has 1 amide bonds. The second-order valence-electron chi connectivity index (χ2n) is 7.20. The van der Waals surface area contributed by atoms with Crippen LogP contribution in [0.2, 0.25) is 0 Å². The van der Waals surface area contributed by atoms with Crippen molar-refractivity contribution in [1.82, 2.24) is 9.62 Å². The van der Waals surface area contributed by atoms with Crippen molar-refractivity contribution in [3.8, 4) is 5.75 Å². The van der Waals surface area contributed by atoms with Crippen molar-refractivity contribution in [3.63, 3.8) is 0 Å². The van der Waals surface area contributed by atoms with E-state index < -0.39 is 31.9 Å². The van der Waals surface area contributed by atoms with E-state index in [9.17, 15) is 21.6 Å². The number of morpholine rings is 1. The Bertz CT molecular complexity index is 989. The number of anilines is 1. The fourth-order valence-corrected chi connectivity index (χ4v) is 6.43. The monoisotopic (exact) mass is 461 g/mol. The molecule has 3 rings (SSSR count). The Kier molecular flexibility index (Phi) is 7.02. The Balaban J connectivity index is 1.86. The molecule has 0 radical (unpaired) electrons. The van der Waals surface area contributed by atoms with Crippen molar-refractivity contribution >= 4 is 31.6 Å². The number of hydrogen-bond donors (Lipinski definition) is 1. The summed E-state index contributed by atoms with van der Waals surface area (Å²) in [5.74, 6) is -1.48. The highest BCUT2D eigenvalue weighted by Gasteiger charge is 2.42. The predicted molar refractivity (Wildman–Crippen MR) is 110 cm³/mol. The highest BCUT2D eigenvalue weighted by molar-refractivity contribution is 7.94. The second-order valence-corrected chi connectivity index (χ2v) is 10.8. The minimum Gasteiger partial charge on any atom is -0.492 e. The Morgan fingerprint density at radius 3 is 2.57 bits per heavy atom. The van der Waals surface area contributed by atoms with Gasteiger partial charge in [0.25, 0.3) is 0 Å². The van der Waals surface area contributed by atoms with Crippen molar-refractivity contribution in [2.75, 3.05) is 56.1 Å². The van der Waals surface area contributed by atoms with E-state index in [2.05, 4.69) is 9.62 Å². The van der Waals surface area contributed by atoms with Crippen LogP contribution < -0.4 is 13.8 Å². The first-order valence-electron chi connectivity index (χ1n) is 9.79. The maximum Gasteiger partial charge on any atom is 0.244 e. The minimum atomic E-state index is -4.00. The first-order chi connectivity index (χ1) is 14.2. The van der Waals surface area contributed by atoms with Crippen LogP contribution in [0.5, 0.6) is 5.75 Å². The molecule has 1 unspecified atom stereocenters. The third-order valence-corrected chi connectivity index (χ3v) is 8.29. The molecular weight excluding hydrogens is 434 g/mol. The van der Waals surface area contributed by atoms with E-state index in [1.165, 1.54) is 25.1 Å². The van der Waals surface area contributed by atoms with Crippen molar-refractivity contribution < 1.29 is 31.1 Å². The van der Waals surface area contributed by atoms with Gasteiger partial charge in [-0.25, -0.2) is 25.9 Å². The number of sulfonamides is 2. The van der Waals surface area contributed by atoms with Gasteiger partial charge in [-0.15, -0.1) is 0 Å². The highest BCUT2D eigenvalue weighted by atomic mass is 32.2. The number of benzene rings is 1. The van der Waals surface area contributed by atoms with Gasteiger partial charge < -0.3 is 9.47 Å². The normalized spacial score (nSPS) is 22.4. The zero-order valence-corrected chi connectivity index (χ0v) is 18.7. The molecule has 0 saturated carbocycles. The first kappa shape index (κ1) is 22.9. The van der Waals surface area contributed by atoms with Gasteiger partial charge in [-0.1, -0.05) is 6.92 Å². The molecule has 2 saturated heterocycles. The summed E-state index contributed by atoms with van der Waals surface area (Å²) in [6, 6.07) is 3.93. The van der Waals surface area contributed by atoms with Gasteiger partial charge >= 0.3 is 0 Å². The summed E-state index contributed by atoms with van der Waals surface area (Å²) in [6.45, 7) is 6.85. The highest BCUT2D eigenvalue weighted by Crippen LogP contribution is 2.34. The molecule has 1 N–H and O–H groups in total. The number of rotatable bonds is 8. The minimum absolute atomic E-state index is 0.0126. The molecule has 1 atom stereocenters. The lowest BCUT2D eigenvalue weighted by atomic mass is 10.2. The summed E-state index contributed by atoms with van der Waals surface area (Å²) in [5.41, 5.74) is -0.0126. The quantitative estimate of drug-likeness (QED) is 0.574. The lowest BCUT2D eigenvalue weighted by Gasteiger charge is -2.26. The molecular formula is C18H27N3O7S2. The summed E-state index contributed by atoms with van der Waals surface area (Å²) in [7, 11) is -7.85. The number of nitrogens with one attached hydrogen (secondary N) is 1. The largest absolute Gasteiger partial charge is 0.492 e. The van der Waals surface area contributed by atoms with Crippen LogP contribution in [0.4, 0.5) is 5.69 Å². The molecule has 1 aromatic carbocycles. The van der Waals surface area contributed by atoms with Crippen LogP contribution in [0.3, 0.4) is 0 Å². The third kappa shape index (κ3) is 4.94. The van der Waals surface area contributed by atoms with Crippen molar-refractivity contribution in [2.24, 2.45) is 5.92 Å². The van der Waals surface area contributed by atoms with Gasteiger partial charge in [0.05, 0.1) is 37.2 Å². The van der Waals surface area contributed by atoms with Crippen molar-refractivity contribution in [2.45, 2.75) is 18.7 Å². The van der Waals surface area contributed by atoms with E-state index >= 15 is 0 Å².